The molecule has 0 saturated heterocycles. The summed E-state index contributed by atoms with van der Waals surface area (Å²) in [7, 11) is 0. The maximum atomic E-state index is 6.11. The third-order valence-corrected chi connectivity index (χ3v) is 3.14. The lowest BCUT2D eigenvalue weighted by Gasteiger charge is -2.29. The molecule has 0 radical (unpaired) electrons. The molecule has 1 aliphatic carbocycles. The highest BCUT2D eigenvalue weighted by molar-refractivity contribution is 4.72. The fraction of sp³-hybridized carbons (Fsp3) is 1.00. The van der Waals surface area contributed by atoms with Crippen LogP contribution in [0.5, 0.6) is 0 Å². The smallest absolute Gasteiger partial charge is 0.0627 e. The predicted molar refractivity (Wildman–Crippen MR) is 56.9 cm³/mol. The lowest BCUT2D eigenvalue weighted by atomic mass is 10.0. The van der Waals surface area contributed by atoms with E-state index >= 15 is 0 Å². The van der Waals surface area contributed by atoms with Crippen molar-refractivity contribution < 1.29 is 4.74 Å². The molecule has 1 rings (SSSR count). The van der Waals surface area contributed by atoms with Crippen LogP contribution in [0.3, 0.4) is 0 Å². The van der Waals surface area contributed by atoms with Crippen LogP contribution in [-0.2, 0) is 4.74 Å². The van der Waals surface area contributed by atoms with Gasteiger partial charge in [-0.25, -0.2) is 0 Å². The molecule has 1 heteroatoms. The molecule has 78 valence electrons. The predicted octanol–water partition coefficient (Wildman–Crippen LogP) is 3.91. The van der Waals surface area contributed by atoms with E-state index in [-0.39, 0.29) is 5.60 Å². The van der Waals surface area contributed by atoms with Crippen LogP contribution in [0.2, 0.25) is 0 Å². The third-order valence-electron chi connectivity index (χ3n) is 3.14. The maximum Gasteiger partial charge on any atom is 0.0627 e. The number of hydrogen-bond acceptors (Lipinski definition) is 1. The second kappa shape index (κ2) is 4.99. The molecule has 0 aromatic rings. The van der Waals surface area contributed by atoms with Crippen LogP contribution in [0.25, 0.3) is 0 Å². The van der Waals surface area contributed by atoms with Crippen LogP contribution in [0.4, 0.5) is 0 Å². The fourth-order valence-electron chi connectivity index (χ4n) is 1.89. The minimum Gasteiger partial charge on any atom is -0.372 e. The van der Waals surface area contributed by atoms with Crippen molar-refractivity contribution in [2.24, 2.45) is 0 Å². The van der Waals surface area contributed by atoms with Crippen LogP contribution >= 0.6 is 0 Å². The van der Waals surface area contributed by atoms with Crippen molar-refractivity contribution in [3.8, 4) is 0 Å². The summed E-state index contributed by atoms with van der Waals surface area (Å²) in [6.07, 6.45) is 9.77. The molecule has 0 atom stereocenters. The van der Waals surface area contributed by atoms with Gasteiger partial charge in [-0.2, -0.15) is 0 Å². The zero-order chi connectivity index (χ0) is 9.73. The van der Waals surface area contributed by atoms with E-state index in [1.54, 1.807) is 0 Å². The van der Waals surface area contributed by atoms with E-state index in [1.165, 1.54) is 38.5 Å². The Balaban J connectivity index is 2.33. The quantitative estimate of drug-likeness (QED) is 0.604. The van der Waals surface area contributed by atoms with Gasteiger partial charge in [0.25, 0.3) is 0 Å². The van der Waals surface area contributed by atoms with Crippen molar-refractivity contribution in [2.45, 2.75) is 77.4 Å². The van der Waals surface area contributed by atoms with Gasteiger partial charge in [0.2, 0.25) is 0 Å². The Morgan fingerprint density at radius 2 is 1.62 bits per heavy atom. The summed E-state index contributed by atoms with van der Waals surface area (Å²) >= 11 is 0. The summed E-state index contributed by atoms with van der Waals surface area (Å²) in [6, 6.07) is 0. The van der Waals surface area contributed by atoms with Gasteiger partial charge in [0.1, 0.15) is 0 Å². The molecule has 0 aromatic heterocycles. The summed E-state index contributed by atoms with van der Waals surface area (Å²) < 4.78 is 6.11. The first-order chi connectivity index (χ1) is 6.14. The molecule has 0 N–H and O–H groups in total. The molecule has 13 heavy (non-hydrogen) atoms. The number of hydrogen-bond donors (Lipinski definition) is 0. The SMILES string of the molecule is CCC(C)(C)OC1CCCCCC1. The lowest BCUT2D eigenvalue weighted by Crippen LogP contribution is -2.29. The zero-order valence-corrected chi connectivity index (χ0v) is 9.44. The molecule has 1 fully saturated rings. The Bertz CT molecular complexity index is 132. The Hall–Kier alpha value is -0.0400. The van der Waals surface area contributed by atoms with E-state index in [4.69, 9.17) is 4.74 Å². The molecule has 0 spiro atoms. The maximum absolute atomic E-state index is 6.11. The molecule has 0 aromatic carbocycles. The number of rotatable bonds is 3. The van der Waals surface area contributed by atoms with Crippen molar-refractivity contribution in [3.63, 3.8) is 0 Å². The van der Waals surface area contributed by atoms with E-state index in [0.29, 0.717) is 6.10 Å². The van der Waals surface area contributed by atoms with Crippen LogP contribution in [0.1, 0.15) is 65.7 Å². The first kappa shape index (κ1) is 11.0. The largest absolute Gasteiger partial charge is 0.372 e. The van der Waals surface area contributed by atoms with Gasteiger partial charge >= 0.3 is 0 Å². The normalized spacial score (nSPS) is 21.5. The molecule has 0 unspecified atom stereocenters. The molecule has 0 bridgehead atoms. The number of ether oxygens (including phenoxy) is 1. The Morgan fingerprint density at radius 3 is 2.08 bits per heavy atom. The summed E-state index contributed by atoms with van der Waals surface area (Å²) in [4.78, 5) is 0. The highest BCUT2D eigenvalue weighted by Crippen LogP contribution is 2.25. The Morgan fingerprint density at radius 1 is 1.08 bits per heavy atom. The van der Waals surface area contributed by atoms with Crippen molar-refractivity contribution >= 4 is 0 Å². The van der Waals surface area contributed by atoms with Crippen molar-refractivity contribution in [1.29, 1.82) is 0 Å². The van der Waals surface area contributed by atoms with Gasteiger partial charge in [0.05, 0.1) is 11.7 Å². The molecule has 1 nitrogen and oxygen atoms in total. The van der Waals surface area contributed by atoms with Gasteiger partial charge in [-0.05, 0) is 33.1 Å². The van der Waals surface area contributed by atoms with Gasteiger partial charge in [-0.15, -0.1) is 0 Å². The minimum atomic E-state index is 0.0923. The van der Waals surface area contributed by atoms with Crippen LogP contribution < -0.4 is 0 Å². The van der Waals surface area contributed by atoms with Crippen LogP contribution in [-0.4, -0.2) is 11.7 Å². The Labute approximate surface area is 82.9 Å². The summed E-state index contributed by atoms with van der Waals surface area (Å²) in [5.74, 6) is 0. The summed E-state index contributed by atoms with van der Waals surface area (Å²) in [5.41, 5.74) is 0.0923. The topological polar surface area (TPSA) is 9.23 Å². The van der Waals surface area contributed by atoms with Gasteiger partial charge in [0.15, 0.2) is 0 Å². The third kappa shape index (κ3) is 4.12. The van der Waals surface area contributed by atoms with Gasteiger partial charge < -0.3 is 4.74 Å². The zero-order valence-electron chi connectivity index (χ0n) is 9.44. The van der Waals surface area contributed by atoms with E-state index in [9.17, 15) is 0 Å². The standard InChI is InChI=1S/C12H24O/c1-4-12(2,3)13-11-9-7-5-6-8-10-11/h11H,4-10H2,1-3H3. The monoisotopic (exact) mass is 184 g/mol. The Kier molecular flexibility index (Phi) is 4.24. The van der Waals surface area contributed by atoms with E-state index in [1.807, 2.05) is 0 Å². The first-order valence-corrected chi connectivity index (χ1v) is 5.82. The average Bonchev–Trinajstić information content (AvgIpc) is 2.32. The van der Waals surface area contributed by atoms with Crippen LogP contribution in [0, 0.1) is 0 Å². The van der Waals surface area contributed by atoms with Crippen LogP contribution in [0.15, 0.2) is 0 Å². The molecule has 1 aliphatic rings. The molecule has 0 aliphatic heterocycles. The summed E-state index contributed by atoms with van der Waals surface area (Å²) in [5, 5.41) is 0. The van der Waals surface area contributed by atoms with Gasteiger partial charge in [0, 0.05) is 0 Å². The lowest BCUT2D eigenvalue weighted by molar-refractivity contribution is -0.0783. The molecule has 0 heterocycles. The van der Waals surface area contributed by atoms with E-state index in [0.717, 1.165) is 6.42 Å². The highest BCUT2D eigenvalue weighted by atomic mass is 16.5. The second-order valence-electron chi connectivity index (χ2n) is 4.84. The fourth-order valence-corrected chi connectivity index (χ4v) is 1.89. The minimum absolute atomic E-state index is 0.0923. The van der Waals surface area contributed by atoms with Gasteiger partial charge in [-0.1, -0.05) is 32.6 Å². The van der Waals surface area contributed by atoms with Crippen molar-refractivity contribution in [2.75, 3.05) is 0 Å². The first-order valence-electron chi connectivity index (χ1n) is 5.82. The molecular weight excluding hydrogens is 160 g/mol. The van der Waals surface area contributed by atoms with E-state index < -0.39 is 0 Å². The van der Waals surface area contributed by atoms with E-state index in [2.05, 4.69) is 20.8 Å². The second-order valence-corrected chi connectivity index (χ2v) is 4.84. The molecule has 1 saturated carbocycles. The molecule has 0 amide bonds. The average molecular weight is 184 g/mol. The molecular formula is C12H24O. The van der Waals surface area contributed by atoms with Crippen molar-refractivity contribution in [1.82, 2.24) is 0 Å². The van der Waals surface area contributed by atoms with Gasteiger partial charge in [-0.3, -0.25) is 0 Å². The summed E-state index contributed by atoms with van der Waals surface area (Å²) in [6.45, 7) is 6.62. The van der Waals surface area contributed by atoms with Crippen molar-refractivity contribution in [3.05, 3.63) is 0 Å². The highest BCUT2D eigenvalue weighted by Gasteiger charge is 2.22.